The molecule has 2 unspecified atom stereocenters. The number of ether oxygens (including phenoxy) is 6. The Kier molecular flexibility index (Phi) is 27.8. The molecule has 49 heavy (non-hydrogen) atoms. The number of ketones is 1. The van der Waals surface area contributed by atoms with E-state index in [1.165, 1.54) is 0 Å². The predicted octanol–water partition coefficient (Wildman–Crippen LogP) is 3.33. The Labute approximate surface area is 294 Å². The smallest absolute Gasteiger partial charge is 0.307 e. The van der Waals surface area contributed by atoms with Crippen LogP contribution < -0.4 is 16.0 Å². The Morgan fingerprint density at radius 3 is 1.96 bits per heavy atom. The van der Waals surface area contributed by atoms with E-state index in [1.54, 1.807) is 20.8 Å². The third-order valence-electron chi connectivity index (χ3n) is 6.57. The fourth-order valence-corrected chi connectivity index (χ4v) is 4.19. The van der Waals surface area contributed by atoms with Gasteiger partial charge in [0.1, 0.15) is 18.8 Å². The van der Waals surface area contributed by atoms with Gasteiger partial charge in [-0.05, 0) is 73.3 Å². The molecule has 0 saturated carbocycles. The minimum atomic E-state index is -0.694. The van der Waals surface area contributed by atoms with Gasteiger partial charge in [-0.1, -0.05) is 21.3 Å². The Morgan fingerprint density at radius 1 is 0.755 bits per heavy atom. The number of hydrogen-bond donors (Lipinski definition) is 3. The number of amides is 2. The van der Waals surface area contributed by atoms with Crippen molar-refractivity contribution in [1.82, 2.24) is 16.0 Å². The van der Waals surface area contributed by atoms with Crippen molar-refractivity contribution in [3.05, 3.63) is 0 Å². The maximum Gasteiger partial charge on any atom is 0.307 e. The highest BCUT2D eigenvalue weighted by Crippen LogP contribution is 2.18. The first-order valence-corrected chi connectivity index (χ1v) is 17.0. The summed E-state index contributed by atoms with van der Waals surface area (Å²) in [7, 11) is 0. The molecule has 0 aliphatic carbocycles. The third-order valence-corrected chi connectivity index (χ3v) is 6.57. The van der Waals surface area contributed by atoms with Crippen LogP contribution in [0, 0.1) is 11.8 Å². The number of hydrogen-bond acceptors (Lipinski definition) is 12. The minimum absolute atomic E-state index is 0. The number of Topliss-reactive ketones (excluding diaryl/α,β-unsaturated/α-hetero) is 1. The van der Waals surface area contributed by atoms with E-state index in [0.29, 0.717) is 38.9 Å². The summed E-state index contributed by atoms with van der Waals surface area (Å²) < 4.78 is 31.9. The quantitative estimate of drug-likeness (QED) is 0.0449. The Balaban J connectivity index is 0. The predicted molar refractivity (Wildman–Crippen MR) is 187 cm³/mol. The Hall–Kier alpha value is -2.65. The van der Waals surface area contributed by atoms with Crippen LogP contribution in [0.2, 0.25) is 0 Å². The first-order chi connectivity index (χ1) is 22.5. The van der Waals surface area contributed by atoms with E-state index in [0.717, 1.165) is 19.4 Å². The highest BCUT2D eigenvalue weighted by Gasteiger charge is 2.27. The first kappa shape index (κ1) is 48.5. The zero-order valence-electron chi connectivity index (χ0n) is 30.6. The molecule has 0 spiro atoms. The van der Waals surface area contributed by atoms with Crippen molar-refractivity contribution in [3.63, 3.8) is 0 Å². The summed E-state index contributed by atoms with van der Waals surface area (Å²) in [5, 5.41) is 8.82. The van der Waals surface area contributed by atoms with Crippen molar-refractivity contribution in [2.45, 2.75) is 119 Å². The van der Waals surface area contributed by atoms with E-state index in [-0.39, 0.29) is 89.2 Å². The van der Waals surface area contributed by atoms with Crippen molar-refractivity contribution in [1.29, 1.82) is 0 Å². The second kappa shape index (κ2) is 28.1. The van der Waals surface area contributed by atoms with E-state index in [1.807, 2.05) is 13.8 Å². The van der Waals surface area contributed by atoms with E-state index in [2.05, 4.69) is 36.7 Å². The standard InChI is InChI=1S/C34H63N3O11.CH4/c1-26(2)28(22-31(41)48-34(6,7)8)32(42)35-15-17-44-19-20-45-23-27(39)12-11-16-43-18-21-46-24-29(40)37-30(47-25-38)13-9-10-14-36-33(3,4)5;/h25-26,28,30,36H,9-24H2,1-8H3,(H,35,42)(H,37,40);1H4. The summed E-state index contributed by atoms with van der Waals surface area (Å²) in [4.78, 5) is 59.5. The molecule has 0 fully saturated rings. The molecular weight excluding hydrogens is 638 g/mol. The molecular formula is C35H67N3O11. The van der Waals surface area contributed by atoms with Crippen LogP contribution in [0.5, 0.6) is 0 Å². The fourth-order valence-electron chi connectivity index (χ4n) is 4.19. The molecule has 0 aliphatic heterocycles. The van der Waals surface area contributed by atoms with Gasteiger partial charge in [-0.2, -0.15) is 0 Å². The molecule has 0 saturated heterocycles. The van der Waals surface area contributed by atoms with Gasteiger partial charge in [0.2, 0.25) is 11.8 Å². The maximum absolute atomic E-state index is 12.5. The van der Waals surface area contributed by atoms with Gasteiger partial charge in [-0.25, -0.2) is 0 Å². The molecule has 0 bridgehead atoms. The second-order valence-electron chi connectivity index (χ2n) is 13.9. The molecule has 0 heterocycles. The summed E-state index contributed by atoms with van der Waals surface area (Å²) in [5.41, 5.74) is -0.564. The van der Waals surface area contributed by atoms with Crippen LogP contribution in [0.25, 0.3) is 0 Å². The first-order valence-electron chi connectivity index (χ1n) is 17.0. The van der Waals surface area contributed by atoms with Crippen LogP contribution >= 0.6 is 0 Å². The number of carbonyl (C=O) groups excluding carboxylic acids is 5. The molecule has 2 atom stereocenters. The zero-order chi connectivity index (χ0) is 36.4. The number of nitrogens with one attached hydrogen (secondary N) is 3. The van der Waals surface area contributed by atoms with Gasteiger partial charge < -0.3 is 44.4 Å². The van der Waals surface area contributed by atoms with Crippen LogP contribution in [0.1, 0.15) is 101 Å². The van der Waals surface area contributed by atoms with Gasteiger partial charge in [0.05, 0.1) is 45.4 Å². The average molecular weight is 706 g/mol. The molecule has 0 aromatic rings. The zero-order valence-corrected chi connectivity index (χ0v) is 30.6. The normalized spacial score (nSPS) is 12.8. The van der Waals surface area contributed by atoms with Crippen molar-refractivity contribution < 1.29 is 52.4 Å². The topological polar surface area (TPSA) is 177 Å². The molecule has 0 aromatic heterocycles. The van der Waals surface area contributed by atoms with Gasteiger partial charge in [0.25, 0.3) is 6.47 Å². The average Bonchev–Trinajstić information content (AvgIpc) is 2.96. The summed E-state index contributed by atoms with van der Waals surface area (Å²) in [6.45, 7) is 18.3. The number of rotatable bonds is 29. The Bertz CT molecular complexity index is 917. The van der Waals surface area contributed by atoms with Crippen molar-refractivity contribution in [3.8, 4) is 0 Å². The minimum Gasteiger partial charge on any atom is -0.460 e. The van der Waals surface area contributed by atoms with E-state index in [4.69, 9.17) is 28.4 Å². The van der Waals surface area contributed by atoms with Crippen LogP contribution in [-0.4, -0.2) is 113 Å². The summed E-state index contributed by atoms with van der Waals surface area (Å²) in [6.07, 6.45) is 2.34. The third kappa shape index (κ3) is 31.1. The molecule has 0 aliphatic rings. The van der Waals surface area contributed by atoms with Crippen LogP contribution in [0.4, 0.5) is 0 Å². The fraction of sp³-hybridized carbons (Fsp3) is 0.857. The number of unbranched alkanes of at least 4 members (excludes halogenated alkanes) is 1. The van der Waals surface area contributed by atoms with Gasteiger partial charge in [0.15, 0.2) is 12.0 Å². The molecule has 0 aromatic carbocycles. The maximum atomic E-state index is 12.5. The number of esters is 1. The lowest BCUT2D eigenvalue weighted by Crippen LogP contribution is -2.39. The highest BCUT2D eigenvalue weighted by atomic mass is 16.6. The second-order valence-corrected chi connectivity index (χ2v) is 13.9. The molecule has 2 amide bonds. The Morgan fingerprint density at radius 2 is 1.37 bits per heavy atom. The van der Waals surface area contributed by atoms with Gasteiger partial charge in [0, 0.05) is 31.5 Å². The van der Waals surface area contributed by atoms with Crippen LogP contribution in [0.3, 0.4) is 0 Å². The van der Waals surface area contributed by atoms with Crippen molar-refractivity contribution in [2.75, 3.05) is 65.9 Å². The lowest BCUT2D eigenvalue weighted by Gasteiger charge is -2.23. The van der Waals surface area contributed by atoms with E-state index >= 15 is 0 Å². The van der Waals surface area contributed by atoms with Crippen LogP contribution in [-0.2, 0) is 52.4 Å². The van der Waals surface area contributed by atoms with E-state index in [9.17, 15) is 24.0 Å². The lowest BCUT2D eigenvalue weighted by molar-refractivity contribution is -0.158. The molecule has 0 radical (unpaired) electrons. The van der Waals surface area contributed by atoms with Crippen molar-refractivity contribution in [2.24, 2.45) is 11.8 Å². The molecule has 14 nitrogen and oxygen atoms in total. The number of carbonyl (C=O) groups is 5. The summed E-state index contributed by atoms with van der Waals surface area (Å²) in [6, 6.07) is 0. The summed E-state index contributed by atoms with van der Waals surface area (Å²) in [5.74, 6) is -1.58. The lowest BCUT2D eigenvalue weighted by atomic mass is 9.91. The SMILES string of the molecule is C.CC(C)C(CC(=O)OC(C)(C)C)C(=O)NCCOCCOCC(=O)CCCOCCOCC(=O)NC(CCCCNC(C)(C)C)OC=O. The highest BCUT2D eigenvalue weighted by molar-refractivity contribution is 5.84. The summed E-state index contributed by atoms with van der Waals surface area (Å²) >= 11 is 0. The van der Waals surface area contributed by atoms with Crippen LogP contribution in [0.15, 0.2) is 0 Å². The molecule has 288 valence electrons. The monoisotopic (exact) mass is 705 g/mol. The van der Waals surface area contributed by atoms with Gasteiger partial charge in [-0.3, -0.25) is 24.0 Å². The van der Waals surface area contributed by atoms with Crippen molar-refractivity contribution >= 4 is 30.0 Å². The van der Waals surface area contributed by atoms with E-state index < -0.39 is 23.7 Å². The molecule has 14 heteroatoms. The van der Waals surface area contributed by atoms with Gasteiger partial charge >= 0.3 is 5.97 Å². The molecule has 0 rings (SSSR count). The van der Waals surface area contributed by atoms with Gasteiger partial charge in [-0.15, -0.1) is 0 Å². The largest absolute Gasteiger partial charge is 0.460 e. The molecule has 3 N–H and O–H groups in total.